The van der Waals surface area contributed by atoms with Gasteiger partial charge in [-0.15, -0.1) is 0 Å². The minimum Gasteiger partial charge on any atom is -0.480 e. The highest BCUT2D eigenvalue weighted by molar-refractivity contribution is 9.10. The summed E-state index contributed by atoms with van der Waals surface area (Å²) in [5, 5.41) is 12.5. The van der Waals surface area contributed by atoms with E-state index in [1.807, 2.05) is 30.3 Å². The minimum atomic E-state index is -0.963. The summed E-state index contributed by atoms with van der Waals surface area (Å²) >= 11 is 3.36. The van der Waals surface area contributed by atoms with Crippen molar-refractivity contribution >= 4 is 32.9 Å². The van der Waals surface area contributed by atoms with E-state index < -0.39 is 23.1 Å². The molecule has 1 aromatic heterocycles. The normalized spacial score (nSPS) is 12.2. The van der Waals surface area contributed by atoms with Crippen molar-refractivity contribution in [2.75, 3.05) is 0 Å². The van der Waals surface area contributed by atoms with Crippen LogP contribution in [0.1, 0.15) is 11.1 Å². The maximum Gasteiger partial charge on any atom is 0.321 e. The molecule has 2 aromatic carbocycles. The molecule has 0 unspecified atom stereocenters. The Kier molecular flexibility index (Phi) is 5.34. The summed E-state index contributed by atoms with van der Waals surface area (Å²) in [5.74, 6) is -0.963. The van der Waals surface area contributed by atoms with Gasteiger partial charge in [-0.2, -0.15) is 0 Å². The lowest BCUT2D eigenvalue weighted by atomic mass is 10.1. The molecule has 0 bridgehead atoms. The standard InChI is InChI=1S/C18H16BrN3O4/c19-12-7-11(15-13(8-12)21-16(23)17(24)22-15)9-20-14(18(25)26)6-10-4-2-1-3-5-10/h1-5,7-8,14,20H,6,9H2,(H,21,23)(H,22,24)(H,25,26)/t14-/m0/s1. The van der Waals surface area contributed by atoms with Crippen LogP contribution < -0.4 is 16.4 Å². The molecule has 0 amide bonds. The minimum absolute atomic E-state index is 0.210. The number of nitrogens with one attached hydrogen (secondary N) is 3. The molecule has 0 aliphatic heterocycles. The van der Waals surface area contributed by atoms with Crippen molar-refractivity contribution in [2.45, 2.75) is 19.0 Å². The number of rotatable bonds is 6. The number of hydrogen-bond donors (Lipinski definition) is 4. The molecule has 0 aliphatic carbocycles. The Balaban J connectivity index is 1.87. The number of aromatic nitrogens is 2. The first kappa shape index (κ1) is 18.1. The summed E-state index contributed by atoms with van der Waals surface area (Å²) in [6.45, 7) is 0.210. The summed E-state index contributed by atoms with van der Waals surface area (Å²) in [6.07, 6.45) is 0.329. The third kappa shape index (κ3) is 4.09. The predicted molar refractivity (Wildman–Crippen MR) is 101 cm³/mol. The SMILES string of the molecule is O=C(O)[C@H](Cc1ccccc1)NCc1cc(Br)cc2[nH]c(=O)c(=O)[nH]c12. The second-order valence-corrected chi connectivity index (χ2v) is 6.77. The van der Waals surface area contributed by atoms with Gasteiger partial charge < -0.3 is 15.1 Å². The van der Waals surface area contributed by atoms with Gasteiger partial charge in [0.2, 0.25) is 0 Å². The molecule has 3 rings (SSSR count). The first-order chi connectivity index (χ1) is 12.4. The van der Waals surface area contributed by atoms with Crippen molar-refractivity contribution < 1.29 is 9.90 Å². The largest absolute Gasteiger partial charge is 0.480 e. The summed E-state index contributed by atoms with van der Waals surface area (Å²) in [4.78, 5) is 39.8. The fourth-order valence-corrected chi connectivity index (χ4v) is 3.23. The molecule has 0 radical (unpaired) electrons. The summed E-state index contributed by atoms with van der Waals surface area (Å²) in [7, 11) is 0. The maximum absolute atomic E-state index is 11.6. The van der Waals surface area contributed by atoms with Crippen LogP contribution in [0.25, 0.3) is 11.0 Å². The van der Waals surface area contributed by atoms with E-state index >= 15 is 0 Å². The van der Waals surface area contributed by atoms with E-state index in [-0.39, 0.29) is 6.54 Å². The quantitative estimate of drug-likeness (QED) is 0.456. The average Bonchev–Trinajstić information content (AvgIpc) is 2.60. The molecule has 1 heterocycles. The Morgan fingerprint density at radius 3 is 2.50 bits per heavy atom. The van der Waals surface area contributed by atoms with Crippen LogP contribution in [0.5, 0.6) is 0 Å². The smallest absolute Gasteiger partial charge is 0.321 e. The fourth-order valence-electron chi connectivity index (χ4n) is 2.73. The number of carbonyl (C=O) groups is 1. The first-order valence-corrected chi connectivity index (χ1v) is 8.68. The molecule has 26 heavy (non-hydrogen) atoms. The van der Waals surface area contributed by atoms with E-state index in [0.29, 0.717) is 27.5 Å². The van der Waals surface area contributed by atoms with Crippen molar-refractivity contribution in [3.05, 3.63) is 78.8 Å². The van der Waals surface area contributed by atoms with Crippen LogP contribution in [-0.2, 0) is 17.8 Å². The van der Waals surface area contributed by atoms with Crippen LogP contribution >= 0.6 is 15.9 Å². The Morgan fingerprint density at radius 1 is 1.12 bits per heavy atom. The van der Waals surface area contributed by atoms with Gasteiger partial charge in [0.25, 0.3) is 0 Å². The third-order valence-corrected chi connectivity index (χ3v) is 4.46. The van der Waals surface area contributed by atoms with Crippen LogP contribution in [0.3, 0.4) is 0 Å². The topological polar surface area (TPSA) is 115 Å². The molecule has 0 spiro atoms. The number of fused-ring (bicyclic) bond motifs is 1. The van der Waals surface area contributed by atoms with E-state index in [1.165, 1.54) is 0 Å². The molecule has 0 saturated carbocycles. The Hall–Kier alpha value is -2.71. The molecule has 3 aromatic rings. The fraction of sp³-hybridized carbons (Fsp3) is 0.167. The van der Waals surface area contributed by atoms with Gasteiger partial charge in [-0.1, -0.05) is 46.3 Å². The van der Waals surface area contributed by atoms with Crippen molar-refractivity contribution in [1.82, 2.24) is 15.3 Å². The van der Waals surface area contributed by atoms with Crippen molar-refractivity contribution in [3.63, 3.8) is 0 Å². The third-order valence-electron chi connectivity index (χ3n) is 4.00. The maximum atomic E-state index is 11.6. The lowest BCUT2D eigenvalue weighted by Gasteiger charge is -2.16. The van der Waals surface area contributed by atoms with Crippen LogP contribution in [0.15, 0.2) is 56.5 Å². The molecule has 0 fully saturated rings. The van der Waals surface area contributed by atoms with Crippen LogP contribution in [0.4, 0.5) is 0 Å². The van der Waals surface area contributed by atoms with Crippen molar-refractivity contribution in [3.8, 4) is 0 Å². The van der Waals surface area contributed by atoms with E-state index in [0.717, 1.165) is 5.56 Å². The zero-order valence-corrected chi connectivity index (χ0v) is 15.2. The van der Waals surface area contributed by atoms with E-state index in [1.54, 1.807) is 12.1 Å². The van der Waals surface area contributed by atoms with Gasteiger partial charge in [-0.25, -0.2) is 0 Å². The van der Waals surface area contributed by atoms with Gasteiger partial charge in [0.15, 0.2) is 0 Å². The highest BCUT2D eigenvalue weighted by Gasteiger charge is 2.18. The Bertz CT molecular complexity index is 1060. The van der Waals surface area contributed by atoms with Gasteiger partial charge in [0.1, 0.15) is 6.04 Å². The highest BCUT2D eigenvalue weighted by atomic mass is 79.9. The second kappa shape index (κ2) is 7.67. The van der Waals surface area contributed by atoms with Crippen molar-refractivity contribution in [1.29, 1.82) is 0 Å². The van der Waals surface area contributed by atoms with E-state index in [9.17, 15) is 19.5 Å². The predicted octanol–water partition coefficient (Wildman–Crippen LogP) is 1.76. The van der Waals surface area contributed by atoms with Gasteiger partial charge >= 0.3 is 17.1 Å². The molecule has 4 N–H and O–H groups in total. The lowest BCUT2D eigenvalue weighted by Crippen LogP contribution is -2.38. The number of hydrogen-bond acceptors (Lipinski definition) is 4. The highest BCUT2D eigenvalue weighted by Crippen LogP contribution is 2.20. The van der Waals surface area contributed by atoms with E-state index in [2.05, 4.69) is 31.2 Å². The number of halogens is 1. The number of benzene rings is 2. The van der Waals surface area contributed by atoms with Gasteiger partial charge in [-0.3, -0.25) is 19.7 Å². The monoisotopic (exact) mass is 417 g/mol. The van der Waals surface area contributed by atoms with E-state index in [4.69, 9.17) is 0 Å². The number of aromatic amines is 2. The van der Waals surface area contributed by atoms with Gasteiger partial charge in [0, 0.05) is 11.0 Å². The molecule has 8 heteroatoms. The molecule has 1 atom stereocenters. The van der Waals surface area contributed by atoms with Gasteiger partial charge in [-0.05, 0) is 29.7 Å². The zero-order chi connectivity index (χ0) is 18.7. The number of aliphatic carboxylic acids is 1. The molecule has 7 nitrogen and oxygen atoms in total. The second-order valence-electron chi connectivity index (χ2n) is 5.86. The first-order valence-electron chi connectivity index (χ1n) is 7.89. The molecule has 134 valence electrons. The van der Waals surface area contributed by atoms with Crippen LogP contribution in [-0.4, -0.2) is 27.1 Å². The number of carboxylic acids is 1. The molecular weight excluding hydrogens is 402 g/mol. The summed E-state index contributed by atoms with van der Waals surface area (Å²) in [6, 6.07) is 12.0. The summed E-state index contributed by atoms with van der Waals surface area (Å²) < 4.78 is 0.708. The lowest BCUT2D eigenvalue weighted by molar-refractivity contribution is -0.139. The number of H-pyrrole nitrogens is 2. The zero-order valence-electron chi connectivity index (χ0n) is 13.6. The van der Waals surface area contributed by atoms with Gasteiger partial charge in [0.05, 0.1) is 11.0 Å². The molecule has 0 saturated heterocycles. The van der Waals surface area contributed by atoms with Crippen LogP contribution in [0, 0.1) is 0 Å². The van der Waals surface area contributed by atoms with Crippen LogP contribution in [0.2, 0.25) is 0 Å². The molecular formula is C18H16BrN3O4. The summed E-state index contributed by atoms with van der Waals surface area (Å²) in [5.41, 5.74) is 1.03. The van der Waals surface area contributed by atoms with Crippen molar-refractivity contribution in [2.24, 2.45) is 0 Å². The number of carboxylic acid groups (broad SMARTS) is 1. The molecule has 0 aliphatic rings. The Morgan fingerprint density at radius 2 is 1.81 bits per heavy atom. The Labute approximate surface area is 156 Å². The average molecular weight is 418 g/mol.